The van der Waals surface area contributed by atoms with Gasteiger partial charge >= 0.3 is 12.2 Å². The number of cyclic esters (lactones) is 2. The summed E-state index contributed by atoms with van der Waals surface area (Å²) in [5.74, 6) is -0.647. The van der Waals surface area contributed by atoms with Crippen LogP contribution >= 0.6 is 12.2 Å². The van der Waals surface area contributed by atoms with Crippen molar-refractivity contribution in [1.29, 1.82) is 0 Å². The molecule has 0 aliphatic carbocycles. The van der Waals surface area contributed by atoms with Crippen molar-refractivity contribution in [1.82, 2.24) is 10.6 Å². The summed E-state index contributed by atoms with van der Waals surface area (Å²) < 4.78 is 24.6. The number of ether oxygens (including phenoxy) is 2. The highest BCUT2D eigenvalue weighted by atomic mass is 32.1. The first-order valence-corrected chi connectivity index (χ1v) is 8.01. The third-order valence-electron chi connectivity index (χ3n) is 4.05. The fraction of sp³-hybridized carbons (Fsp3) is 0.400. The van der Waals surface area contributed by atoms with Gasteiger partial charge in [0.15, 0.2) is 6.23 Å². The normalized spacial score (nSPS) is 22.8. The predicted octanol–water partition coefficient (Wildman–Crippen LogP) is 1.20. The second kappa shape index (κ2) is 6.81. The van der Waals surface area contributed by atoms with Gasteiger partial charge in [0.05, 0.1) is 17.9 Å². The molecule has 1 unspecified atom stereocenters. The largest absolute Gasteiger partial charge is 0.447 e. The van der Waals surface area contributed by atoms with E-state index in [1.54, 1.807) is 14.1 Å². The van der Waals surface area contributed by atoms with E-state index in [1.165, 1.54) is 28.0 Å². The number of hydrogen-bond donors (Lipinski definition) is 2. The van der Waals surface area contributed by atoms with Gasteiger partial charge in [0.1, 0.15) is 23.5 Å². The molecule has 8 nitrogen and oxygen atoms in total. The Bertz CT molecular complexity index is 731. The topological polar surface area (TPSA) is 83.1 Å². The van der Waals surface area contributed by atoms with Gasteiger partial charge in [-0.3, -0.25) is 15.1 Å². The minimum Gasteiger partial charge on any atom is -0.447 e. The summed E-state index contributed by atoms with van der Waals surface area (Å²) in [6, 6.07) is 3.51. The molecule has 1 aromatic rings. The lowest BCUT2D eigenvalue weighted by Gasteiger charge is -2.25. The summed E-state index contributed by atoms with van der Waals surface area (Å²) in [7, 11) is 3.27. The maximum absolute atomic E-state index is 14.6. The number of halogens is 1. The average Bonchev–Trinajstić information content (AvgIpc) is 3.17. The van der Waals surface area contributed by atoms with Crippen LogP contribution in [0.3, 0.4) is 0 Å². The van der Waals surface area contributed by atoms with Gasteiger partial charge in [-0.15, -0.1) is 0 Å². The number of anilines is 2. The molecule has 2 aliphatic rings. The third-order valence-corrected chi connectivity index (χ3v) is 4.50. The van der Waals surface area contributed by atoms with E-state index >= 15 is 0 Å². The van der Waals surface area contributed by atoms with E-state index in [4.69, 9.17) is 21.7 Å². The number of carbonyl (C=O) groups is 2. The monoisotopic (exact) mass is 368 g/mol. The first kappa shape index (κ1) is 17.4. The molecule has 134 valence electrons. The van der Waals surface area contributed by atoms with Crippen molar-refractivity contribution < 1.29 is 23.5 Å². The number of nitrogens with one attached hydrogen (secondary N) is 2. The molecule has 2 fully saturated rings. The van der Waals surface area contributed by atoms with Crippen LogP contribution in [0.2, 0.25) is 0 Å². The second-order valence-corrected chi connectivity index (χ2v) is 5.86. The van der Waals surface area contributed by atoms with Crippen LogP contribution < -0.4 is 20.4 Å². The van der Waals surface area contributed by atoms with Gasteiger partial charge in [-0.1, -0.05) is 12.2 Å². The highest BCUT2D eigenvalue weighted by Gasteiger charge is 2.44. The van der Waals surface area contributed by atoms with Crippen LogP contribution in [0, 0.1) is 5.82 Å². The highest BCUT2D eigenvalue weighted by Crippen LogP contribution is 2.31. The van der Waals surface area contributed by atoms with Gasteiger partial charge in [0.2, 0.25) is 0 Å². The maximum atomic E-state index is 14.6. The maximum Gasteiger partial charge on any atom is 0.416 e. The van der Waals surface area contributed by atoms with Crippen molar-refractivity contribution in [3.8, 4) is 0 Å². The molecule has 0 aromatic heterocycles. The van der Waals surface area contributed by atoms with Gasteiger partial charge in [0.25, 0.3) is 0 Å². The van der Waals surface area contributed by atoms with Crippen LogP contribution in [0.15, 0.2) is 18.2 Å². The van der Waals surface area contributed by atoms with Crippen LogP contribution in [-0.2, 0) is 9.47 Å². The molecule has 10 heteroatoms. The Morgan fingerprint density at radius 1 is 1.32 bits per heavy atom. The van der Waals surface area contributed by atoms with E-state index in [9.17, 15) is 14.0 Å². The number of thiocarbonyl (C=S) groups is 1. The van der Waals surface area contributed by atoms with E-state index in [1.807, 2.05) is 0 Å². The molecule has 0 radical (unpaired) electrons. The van der Waals surface area contributed by atoms with Crippen molar-refractivity contribution in [3.63, 3.8) is 0 Å². The summed E-state index contributed by atoms with van der Waals surface area (Å²) >= 11 is 5.26. The van der Waals surface area contributed by atoms with Gasteiger partial charge < -0.3 is 14.8 Å². The Labute approximate surface area is 148 Å². The molecule has 2 atom stereocenters. The summed E-state index contributed by atoms with van der Waals surface area (Å²) in [5, 5.41) is 5.68. The average molecular weight is 368 g/mol. The van der Waals surface area contributed by atoms with Crippen LogP contribution in [0.25, 0.3) is 0 Å². The van der Waals surface area contributed by atoms with Crippen LogP contribution in [0.4, 0.5) is 25.4 Å². The molecule has 2 aliphatic heterocycles. The minimum atomic E-state index is -0.663. The Hall–Kier alpha value is -2.46. The molecule has 1 aromatic carbocycles. The van der Waals surface area contributed by atoms with Gasteiger partial charge in [0, 0.05) is 7.05 Å². The zero-order valence-electron chi connectivity index (χ0n) is 13.6. The number of hydrogen-bond acceptors (Lipinski definition) is 6. The van der Waals surface area contributed by atoms with Gasteiger partial charge in [-0.25, -0.2) is 14.0 Å². The zero-order chi connectivity index (χ0) is 18.1. The van der Waals surface area contributed by atoms with Crippen molar-refractivity contribution in [2.75, 3.05) is 37.0 Å². The molecule has 2 amide bonds. The SMILES string of the molecule is CNC(=S)C1[C@@H](NC)OC(=O)N1c1ccc(N2CCOC2=O)c(F)c1. The van der Waals surface area contributed by atoms with Gasteiger partial charge in [-0.05, 0) is 25.2 Å². The molecule has 2 saturated heterocycles. The van der Waals surface area contributed by atoms with Crippen molar-refractivity contribution in [2.24, 2.45) is 0 Å². The molecule has 0 saturated carbocycles. The first-order valence-electron chi connectivity index (χ1n) is 7.60. The Morgan fingerprint density at radius 2 is 2.08 bits per heavy atom. The molecule has 0 spiro atoms. The minimum absolute atomic E-state index is 0.0942. The van der Waals surface area contributed by atoms with Crippen LogP contribution in [0.1, 0.15) is 0 Å². The number of nitrogens with zero attached hydrogens (tertiary/aromatic N) is 2. The molecular formula is C15H17FN4O4S. The molecule has 25 heavy (non-hydrogen) atoms. The lowest BCUT2D eigenvalue weighted by Crippen LogP contribution is -2.50. The molecular weight excluding hydrogens is 351 g/mol. The highest BCUT2D eigenvalue weighted by molar-refractivity contribution is 7.80. The quantitative estimate of drug-likeness (QED) is 0.773. The Balaban J connectivity index is 1.94. The number of rotatable bonds is 4. The summed E-state index contributed by atoms with van der Waals surface area (Å²) in [4.78, 5) is 26.7. The molecule has 3 rings (SSSR count). The smallest absolute Gasteiger partial charge is 0.416 e. The predicted molar refractivity (Wildman–Crippen MR) is 92.3 cm³/mol. The molecule has 2 N–H and O–H groups in total. The van der Waals surface area contributed by atoms with Crippen LogP contribution in [-0.4, -0.2) is 56.7 Å². The summed E-state index contributed by atoms with van der Waals surface area (Å²) in [5.41, 5.74) is 0.371. The van der Waals surface area contributed by atoms with Gasteiger partial charge in [-0.2, -0.15) is 0 Å². The van der Waals surface area contributed by atoms with E-state index in [2.05, 4.69) is 10.6 Å². The fourth-order valence-electron chi connectivity index (χ4n) is 2.84. The second-order valence-electron chi connectivity index (χ2n) is 5.42. The van der Waals surface area contributed by atoms with E-state index in [0.29, 0.717) is 4.99 Å². The number of likely N-dealkylation sites (N-methyl/N-ethyl adjacent to an activating group) is 2. The molecule has 2 heterocycles. The van der Waals surface area contributed by atoms with Crippen LogP contribution in [0.5, 0.6) is 0 Å². The molecule has 0 bridgehead atoms. The van der Waals surface area contributed by atoms with Crippen molar-refractivity contribution >= 4 is 40.8 Å². The van der Waals surface area contributed by atoms with E-state index in [0.717, 1.165) is 0 Å². The number of amides is 2. The summed E-state index contributed by atoms with van der Waals surface area (Å²) in [6.45, 7) is 0.482. The fourth-order valence-corrected chi connectivity index (χ4v) is 3.07. The zero-order valence-corrected chi connectivity index (χ0v) is 14.4. The van der Waals surface area contributed by atoms with Crippen molar-refractivity contribution in [2.45, 2.75) is 12.3 Å². The lowest BCUT2D eigenvalue weighted by molar-refractivity contribution is 0.123. The lowest BCUT2D eigenvalue weighted by atomic mass is 10.1. The number of benzene rings is 1. The van der Waals surface area contributed by atoms with Crippen molar-refractivity contribution in [3.05, 3.63) is 24.0 Å². The number of carbonyl (C=O) groups excluding carboxylic acids is 2. The van der Waals surface area contributed by atoms with E-state index < -0.39 is 30.3 Å². The summed E-state index contributed by atoms with van der Waals surface area (Å²) in [6.07, 6.45) is -1.91. The Morgan fingerprint density at radius 3 is 2.64 bits per heavy atom. The third kappa shape index (κ3) is 2.98. The Kier molecular flexibility index (Phi) is 4.73. The first-order chi connectivity index (χ1) is 12.0. The van der Waals surface area contributed by atoms with E-state index in [-0.39, 0.29) is 24.5 Å². The standard InChI is InChI=1S/C15H17FN4O4S/c1-17-12-11(13(25)18-2)20(15(22)24-12)8-3-4-10(9(16)7-8)19-5-6-23-14(19)21/h3-4,7,11-12,17H,5-6H2,1-2H3,(H,18,25)/t11?,12-/m0/s1.